The fourth-order valence-electron chi connectivity index (χ4n) is 2.70. The highest BCUT2D eigenvalue weighted by molar-refractivity contribution is 5.77. The van der Waals surface area contributed by atoms with Gasteiger partial charge in [-0.05, 0) is 25.2 Å². The van der Waals surface area contributed by atoms with E-state index in [4.69, 9.17) is 5.73 Å². The molecule has 0 aromatic carbocycles. The van der Waals surface area contributed by atoms with Crippen molar-refractivity contribution in [3.63, 3.8) is 0 Å². The van der Waals surface area contributed by atoms with Crippen LogP contribution < -0.4 is 5.73 Å². The van der Waals surface area contributed by atoms with Gasteiger partial charge in [0.15, 0.2) is 0 Å². The van der Waals surface area contributed by atoms with Crippen molar-refractivity contribution in [2.75, 3.05) is 13.1 Å². The van der Waals surface area contributed by atoms with Crippen LogP contribution in [-0.4, -0.2) is 29.4 Å². The predicted octanol–water partition coefficient (Wildman–Crippen LogP) is 1.52. The summed E-state index contributed by atoms with van der Waals surface area (Å²) in [4.78, 5) is 13.8. The second-order valence-electron chi connectivity index (χ2n) is 5.32. The van der Waals surface area contributed by atoms with Crippen molar-refractivity contribution in [1.82, 2.24) is 4.90 Å². The smallest absolute Gasteiger partial charge is 0.222 e. The van der Waals surface area contributed by atoms with E-state index in [1.54, 1.807) is 0 Å². The molecule has 1 heterocycles. The minimum atomic E-state index is -0.0780. The zero-order chi connectivity index (χ0) is 10.9. The molecule has 1 aliphatic heterocycles. The highest BCUT2D eigenvalue weighted by atomic mass is 16.2. The van der Waals surface area contributed by atoms with E-state index in [1.807, 2.05) is 4.90 Å². The summed E-state index contributed by atoms with van der Waals surface area (Å²) in [5.41, 5.74) is 5.97. The average molecular weight is 210 g/mol. The van der Waals surface area contributed by atoms with E-state index in [9.17, 15) is 4.79 Å². The number of hydrogen-bond donors (Lipinski definition) is 1. The predicted molar refractivity (Wildman–Crippen MR) is 60.4 cm³/mol. The lowest BCUT2D eigenvalue weighted by atomic mass is 9.87. The Kier molecular flexibility index (Phi) is 3.01. The Hall–Kier alpha value is -0.570. The van der Waals surface area contributed by atoms with E-state index >= 15 is 0 Å². The molecular formula is C12H22N2O. The Labute approximate surface area is 92.0 Å². The van der Waals surface area contributed by atoms with Crippen LogP contribution in [0.4, 0.5) is 0 Å². The molecular weight excluding hydrogens is 188 g/mol. The number of hydrogen-bond acceptors (Lipinski definition) is 2. The van der Waals surface area contributed by atoms with Gasteiger partial charge in [-0.2, -0.15) is 0 Å². The molecule has 0 aromatic heterocycles. The molecule has 0 bridgehead atoms. The molecule has 2 N–H and O–H groups in total. The van der Waals surface area contributed by atoms with Crippen LogP contribution in [0.3, 0.4) is 0 Å². The fourth-order valence-corrected chi connectivity index (χ4v) is 2.70. The number of carbonyl (C=O) groups excluding carboxylic acids is 1. The first-order valence-corrected chi connectivity index (χ1v) is 6.19. The van der Waals surface area contributed by atoms with Gasteiger partial charge in [-0.15, -0.1) is 0 Å². The van der Waals surface area contributed by atoms with Crippen LogP contribution in [0.5, 0.6) is 0 Å². The van der Waals surface area contributed by atoms with Gasteiger partial charge in [-0.1, -0.05) is 19.8 Å². The number of rotatable bonds is 3. The largest absolute Gasteiger partial charge is 0.339 e. The zero-order valence-electron chi connectivity index (χ0n) is 9.67. The maximum atomic E-state index is 11.9. The third-order valence-corrected chi connectivity index (χ3v) is 4.01. The lowest BCUT2D eigenvalue weighted by molar-refractivity contribution is -0.139. The summed E-state index contributed by atoms with van der Waals surface area (Å²) in [7, 11) is 0. The molecule has 0 spiro atoms. The standard InChI is InChI=1S/C12H22N2O/c1-2-12(13)8-14(9-12)11(15)7-10-5-3-4-6-10/h10H,2-9,13H2,1H3. The molecule has 3 heteroatoms. The topological polar surface area (TPSA) is 46.3 Å². The van der Waals surface area contributed by atoms with E-state index in [-0.39, 0.29) is 5.54 Å². The second kappa shape index (κ2) is 4.12. The molecule has 2 rings (SSSR count). The highest BCUT2D eigenvalue weighted by Gasteiger charge is 2.40. The van der Waals surface area contributed by atoms with Crippen molar-refractivity contribution in [3.05, 3.63) is 0 Å². The van der Waals surface area contributed by atoms with Crippen molar-refractivity contribution >= 4 is 5.91 Å². The quantitative estimate of drug-likeness (QED) is 0.767. The Balaban J connectivity index is 1.74. The van der Waals surface area contributed by atoms with Crippen molar-refractivity contribution in [2.45, 2.75) is 51.0 Å². The van der Waals surface area contributed by atoms with Gasteiger partial charge in [-0.25, -0.2) is 0 Å². The van der Waals surface area contributed by atoms with E-state index in [2.05, 4.69) is 6.92 Å². The highest BCUT2D eigenvalue weighted by Crippen LogP contribution is 2.30. The van der Waals surface area contributed by atoms with Crippen molar-refractivity contribution in [3.8, 4) is 0 Å². The first kappa shape index (κ1) is 10.9. The number of nitrogens with two attached hydrogens (primary N) is 1. The van der Waals surface area contributed by atoms with Crippen LogP contribution in [0.1, 0.15) is 45.4 Å². The minimum Gasteiger partial charge on any atom is -0.339 e. The van der Waals surface area contributed by atoms with Gasteiger partial charge < -0.3 is 10.6 Å². The fraction of sp³-hybridized carbons (Fsp3) is 0.917. The maximum absolute atomic E-state index is 11.9. The van der Waals surface area contributed by atoms with Crippen LogP contribution >= 0.6 is 0 Å². The van der Waals surface area contributed by atoms with Gasteiger partial charge in [0.25, 0.3) is 0 Å². The summed E-state index contributed by atoms with van der Waals surface area (Å²) in [5.74, 6) is 0.989. The summed E-state index contributed by atoms with van der Waals surface area (Å²) in [6.45, 7) is 3.64. The Morgan fingerprint density at radius 2 is 2.00 bits per heavy atom. The van der Waals surface area contributed by atoms with Crippen molar-refractivity contribution in [1.29, 1.82) is 0 Å². The van der Waals surface area contributed by atoms with E-state index in [1.165, 1.54) is 25.7 Å². The SMILES string of the molecule is CCC1(N)CN(C(=O)CC2CCCC2)C1. The molecule has 1 amide bonds. The van der Waals surface area contributed by atoms with Gasteiger partial charge >= 0.3 is 0 Å². The Bertz CT molecular complexity index is 240. The average Bonchev–Trinajstić information content (AvgIpc) is 2.65. The number of carbonyl (C=O) groups is 1. The maximum Gasteiger partial charge on any atom is 0.222 e. The number of amides is 1. The van der Waals surface area contributed by atoms with Gasteiger partial charge in [0.1, 0.15) is 0 Å². The lowest BCUT2D eigenvalue weighted by Gasteiger charge is -2.47. The number of likely N-dealkylation sites (tertiary alicyclic amines) is 1. The zero-order valence-corrected chi connectivity index (χ0v) is 9.67. The molecule has 0 radical (unpaired) electrons. The van der Waals surface area contributed by atoms with Gasteiger partial charge in [0.05, 0.1) is 5.54 Å². The molecule has 86 valence electrons. The van der Waals surface area contributed by atoms with Gasteiger partial charge in [0.2, 0.25) is 5.91 Å². The first-order valence-electron chi connectivity index (χ1n) is 6.19. The molecule has 0 aromatic rings. The minimum absolute atomic E-state index is 0.0780. The second-order valence-corrected chi connectivity index (χ2v) is 5.32. The Morgan fingerprint density at radius 3 is 2.53 bits per heavy atom. The van der Waals surface area contributed by atoms with Crippen LogP contribution in [-0.2, 0) is 4.79 Å². The molecule has 2 aliphatic rings. The van der Waals surface area contributed by atoms with Crippen LogP contribution in [0.2, 0.25) is 0 Å². The van der Waals surface area contributed by atoms with Crippen LogP contribution in [0.25, 0.3) is 0 Å². The third-order valence-electron chi connectivity index (χ3n) is 4.01. The van der Waals surface area contributed by atoms with Crippen LogP contribution in [0, 0.1) is 5.92 Å². The van der Waals surface area contributed by atoms with E-state index in [0.717, 1.165) is 25.9 Å². The van der Waals surface area contributed by atoms with Gasteiger partial charge in [-0.3, -0.25) is 4.79 Å². The molecule has 3 nitrogen and oxygen atoms in total. The molecule has 1 saturated carbocycles. The molecule has 2 fully saturated rings. The summed E-state index contributed by atoms with van der Waals surface area (Å²) in [6, 6.07) is 0. The third kappa shape index (κ3) is 2.33. The first-order chi connectivity index (χ1) is 7.13. The van der Waals surface area contributed by atoms with E-state index in [0.29, 0.717) is 11.8 Å². The van der Waals surface area contributed by atoms with Crippen LogP contribution in [0.15, 0.2) is 0 Å². The summed E-state index contributed by atoms with van der Waals surface area (Å²) >= 11 is 0. The molecule has 0 unspecified atom stereocenters. The molecule has 0 atom stereocenters. The Morgan fingerprint density at radius 1 is 1.40 bits per heavy atom. The van der Waals surface area contributed by atoms with E-state index < -0.39 is 0 Å². The molecule has 1 saturated heterocycles. The number of nitrogens with zero attached hydrogens (tertiary/aromatic N) is 1. The van der Waals surface area contributed by atoms with Crippen molar-refractivity contribution in [2.24, 2.45) is 11.7 Å². The van der Waals surface area contributed by atoms with Gasteiger partial charge in [0, 0.05) is 19.5 Å². The van der Waals surface area contributed by atoms with Crippen molar-refractivity contribution < 1.29 is 4.79 Å². The summed E-state index contributed by atoms with van der Waals surface area (Å²) in [5, 5.41) is 0. The molecule has 1 aliphatic carbocycles. The monoisotopic (exact) mass is 210 g/mol. The summed E-state index contributed by atoms with van der Waals surface area (Å²) < 4.78 is 0. The summed E-state index contributed by atoms with van der Waals surface area (Å²) in [6.07, 6.45) is 6.86. The molecule has 15 heavy (non-hydrogen) atoms. The normalized spacial score (nSPS) is 25.3. The lowest BCUT2D eigenvalue weighted by Crippen LogP contribution is -2.68.